The van der Waals surface area contributed by atoms with Gasteiger partial charge in [-0.15, -0.1) is 0 Å². The van der Waals surface area contributed by atoms with Crippen molar-refractivity contribution >= 4 is 7.60 Å². The number of nitrogens with one attached hydrogen (secondary N) is 1. The second-order valence-electron chi connectivity index (χ2n) is 2.20. The first-order valence-corrected chi connectivity index (χ1v) is 4.86. The van der Waals surface area contributed by atoms with Crippen LogP contribution in [0.1, 0.15) is 5.82 Å². The van der Waals surface area contributed by atoms with Gasteiger partial charge in [0, 0.05) is 12.3 Å². The molecule has 0 radical (unpaired) electrons. The van der Waals surface area contributed by atoms with Crippen molar-refractivity contribution in [2.45, 2.75) is 6.16 Å². The summed E-state index contributed by atoms with van der Waals surface area (Å²) in [5.41, 5.74) is -0.423. The molecule has 0 atom stereocenters. The number of H-pyrrole nitrogens is 1. The van der Waals surface area contributed by atoms with Crippen LogP contribution in [0, 0.1) is 0 Å². The summed E-state index contributed by atoms with van der Waals surface area (Å²) < 4.78 is 10.4. The predicted molar refractivity (Wildman–Crippen MR) is 40.6 cm³/mol. The molecule has 0 saturated heterocycles. The van der Waals surface area contributed by atoms with Crippen LogP contribution in [0.25, 0.3) is 0 Å². The Bertz CT molecular complexity index is 368. The van der Waals surface area contributed by atoms with E-state index in [1.807, 2.05) is 0 Å². The molecule has 66 valence electrons. The molecule has 0 aliphatic rings. The second-order valence-corrected chi connectivity index (χ2v) is 3.85. The monoisotopic (exact) mass is 190 g/mol. The fraction of sp³-hybridized carbons (Fsp3) is 0.200. The number of hydrogen-bond donors (Lipinski definition) is 3. The van der Waals surface area contributed by atoms with Gasteiger partial charge in [0.05, 0.1) is 0 Å². The van der Waals surface area contributed by atoms with Gasteiger partial charge in [-0.25, -0.2) is 4.98 Å². The molecular weight excluding hydrogens is 183 g/mol. The molecule has 0 spiro atoms. The molecule has 7 heteroatoms. The third kappa shape index (κ3) is 2.96. The van der Waals surface area contributed by atoms with Crippen LogP contribution in [0.4, 0.5) is 0 Å². The van der Waals surface area contributed by atoms with E-state index in [1.54, 1.807) is 0 Å². The minimum atomic E-state index is -4.14. The predicted octanol–water partition coefficient (Wildman–Crippen LogP) is -0.552. The lowest BCUT2D eigenvalue weighted by Gasteiger charge is -2.00. The number of rotatable bonds is 2. The van der Waals surface area contributed by atoms with E-state index in [0.717, 1.165) is 0 Å². The van der Waals surface area contributed by atoms with Crippen molar-refractivity contribution in [3.8, 4) is 0 Å². The van der Waals surface area contributed by atoms with Crippen LogP contribution in [0.3, 0.4) is 0 Å². The molecule has 3 N–H and O–H groups in total. The van der Waals surface area contributed by atoms with Gasteiger partial charge in [-0.2, -0.15) is 0 Å². The van der Waals surface area contributed by atoms with Crippen LogP contribution < -0.4 is 5.56 Å². The highest BCUT2D eigenvalue weighted by Crippen LogP contribution is 2.37. The van der Waals surface area contributed by atoms with Crippen molar-refractivity contribution in [3.63, 3.8) is 0 Å². The van der Waals surface area contributed by atoms with E-state index in [1.165, 1.54) is 12.3 Å². The minimum absolute atomic E-state index is 0.00386. The Kier molecular flexibility index (Phi) is 2.42. The highest BCUT2D eigenvalue weighted by Gasteiger charge is 2.15. The first kappa shape index (κ1) is 9.12. The van der Waals surface area contributed by atoms with Crippen LogP contribution in [-0.2, 0) is 10.7 Å². The lowest BCUT2D eigenvalue weighted by Crippen LogP contribution is -2.08. The lowest BCUT2D eigenvalue weighted by atomic mass is 10.6. The quantitative estimate of drug-likeness (QED) is 0.542. The van der Waals surface area contributed by atoms with Gasteiger partial charge in [-0.1, -0.05) is 0 Å². The fourth-order valence-electron chi connectivity index (χ4n) is 0.687. The van der Waals surface area contributed by atoms with Crippen molar-refractivity contribution in [2.75, 3.05) is 0 Å². The molecule has 6 nitrogen and oxygen atoms in total. The summed E-state index contributed by atoms with van der Waals surface area (Å²) in [7, 11) is -4.14. The standard InChI is InChI=1S/C5H7N2O4P/c8-5-1-2-6-4(7-5)3-12(9,10)11/h1-2H,3H2,(H,6,7,8)(H2,9,10,11). The van der Waals surface area contributed by atoms with E-state index in [9.17, 15) is 9.36 Å². The van der Waals surface area contributed by atoms with Crippen molar-refractivity contribution < 1.29 is 14.4 Å². The summed E-state index contributed by atoms with van der Waals surface area (Å²) in [4.78, 5) is 33.4. The van der Waals surface area contributed by atoms with Gasteiger partial charge in [-0.05, 0) is 0 Å². The van der Waals surface area contributed by atoms with Crippen LogP contribution in [0.15, 0.2) is 17.1 Å². The molecule has 1 heterocycles. The number of aromatic amines is 1. The van der Waals surface area contributed by atoms with E-state index in [-0.39, 0.29) is 5.82 Å². The summed E-state index contributed by atoms with van der Waals surface area (Å²) in [5, 5.41) is 0. The van der Waals surface area contributed by atoms with Gasteiger partial charge in [0.2, 0.25) is 0 Å². The van der Waals surface area contributed by atoms with E-state index >= 15 is 0 Å². The fourth-order valence-corrected chi connectivity index (χ4v) is 1.24. The molecule has 1 rings (SSSR count). The Balaban J connectivity index is 2.91. The van der Waals surface area contributed by atoms with Gasteiger partial charge >= 0.3 is 7.60 Å². The van der Waals surface area contributed by atoms with Gasteiger partial charge in [0.25, 0.3) is 5.56 Å². The molecule has 0 amide bonds. The van der Waals surface area contributed by atoms with Gasteiger partial charge in [0.1, 0.15) is 12.0 Å². The molecule has 0 aliphatic carbocycles. The summed E-state index contributed by atoms with van der Waals surface area (Å²) >= 11 is 0. The smallest absolute Gasteiger partial charge is 0.324 e. The van der Waals surface area contributed by atoms with Crippen molar-refractivity contribution in [1.82, 2.24) is 9.97 Å². The molecule has 0 aliphatic heterocycles. The maximum atomic E-state index is 10.6. The van der Waals surface area contributed by atoms with E-state index in [2.05, 4.69) is 9.97 Å². The van der Waals surface area contributed by atoms with Gasteiger partial charge in [-0.3, -0.25) is 9.36 Å². The van der Waals surface area contributed by atoms with Crippen LogP contribution in [0.5, 0.6) is 0 Å². The van der Waals surface area contributed by atoms with Crippen LogP contribution >= 0.6 is 7.60 Å². The average molecular weight is 190 g/mol. The van der Waals surface area contributed by atoms with E-state index < -0.39 is 19.3 Å². The highest BCUT2D eigenvalue weighted by atomic mass is 31.2. The highest BCUT2D eigenvalue weighted by molar-refractivity contribution is 7.50. The summed E-state index contributed by atoms with van der Waals surface area (Å²) in [6.07, 6.45) is 0.660. The topological polar surface area (TPSA) is 103 Å². The van der Waals surface area contributed by atoms with Gasteiger partial charge < -0.3 is 14.8 Å². The normalized spacial score (nSPS) is 11.5. The minimum Gasteiger partial charge on any atom is -0.324 e. The van der Waals surface area contributed by atoms with Crippen molar-refractivity contribution in [2.24, 2.45) is 0 Å². The molecular formula is C5H7N2O4P. The molecule has 0 fully saturated rings. The average Bonchev–Trinajstić information content (AvgIpc) is 1.82. The zero-order valence-corrected chi connectivity index (χ0v) is 6.86. The Morgan fingerprint density at radius 2 is 2.25 bits per heavy atom. The Hall–Kier alpha value is -0.970. The Labute approximate surface area is 67.4 Å². The SMILES string of the molecule is O=c1ccnc(CP(=O)(O)O)[nH]1. The molecule has 0 aromatic carbocycles. The zero-order valence-electron chi connectivity index (χ0n) is 5.97. The van der Waals surface area contributed by atoms with E-state index in [0.29, 0.717) is 0 Å². The summed E-state index contributed by atoms with van der Waals surface area (Å²) in [6, 6.07) is 1.17. The first-order chi connectivity index (χ1) is 5.47. The lowest BCUT2D eigenvalue weighted by molar-refractivity contribution is 0.370. The second kappa shape index (κ2) is 3.18. The third-order valence-electron chi connectivity index (χ3n) is 1.08. The molecule has 0 unspecified atom stereocenters. The molecule has 1 aromatic heterocycles. The maximum absolute atomic E-state index is 10.6. The first-order valence-electron chi connectivity index (χ1n) is 3.06. The van der Waals surface area contributed by atoms with Crippen molar-refractivity contribution in [1.29, 1.82) is 0 Å². The number of hydrogen-bond acceptors (Lipinski definition) is 3. The third-order valence-corrected chi connectivity index (χ3v) is 1.79. The Morgan fingerprint density at radius 1 is 1.58 bits per heavy atom. The molecule has 0 bridgehead atoms. The number of nitrogens with zero attached hydrogens (tertiary/aromatic N) is 1. The molecule has 1 aromatic rings. The summed E-state index contributed by atoms with van der Waals surface area (Å²) in [5.74, 6) is -0.00386. The number of aromatic nitrogens is 2. The van der Waals surface area contributed by atoms with Crippen LogP contribution in [-0.4, -0.2) is 19.8 Å². The maximum Gasteiger partial charge on any atom is 0.333 e. The van der Waals surface area contributed by atoms with Gasteiger partial charge in [0.15, 0.2) is 0 Å². The molecule has 0 saturated carbocycles. The Morgan fingerprint density at radius 3 is 2.75 bits per heavy atom. The summed E-state index contributed by atoms with van der Waals surface area (Å²) in [6.45, 7) is 0. The van der Waals surface area contributed by atoms with Crippen LogP contribution in [0.2, 0.25) is 0 Å². The molecule has 12 heavy (non-hydrogen) atoms. The largest absolute Gasteiger partial charge is 0.333 e. The van der Waals surface area contributed by atoms with Crippen molar-refractivity contribution in [3.05, 3.63) is 28.4 Å². The van der Waals surface area contributed by atoms with E-state index in [4.69, 9.17) is 9.79 Å². The zero-order chi connectivity index (χ0) is 9.19.